The van der Waals surface area contributed by atoms with Crippen LogP contribution < -0.4 is 10.1 Å². The van der Waals surface area contributed by atoms with Gasteiger partial charge in [0.05, 0.1) is 6.61 Å². The Bertz CT molecular complexity index is 1480. The molecule has 47 heavy (non-hydrogen) atoms. The van der Waals surface area contributed by atoms with Crippen LogP contribution in [0.4, 0.5) is 0 Å². The Balaban J connectivity index is 0.000000277. The van der Waals surface area contributed by atoms with Gasteiger partial charge in [-0.3, -0.25) is 4.79 Å². The van der Waals surface area contributed by atoms with E-state index in [1.54, 1.807) is 0 Å². The summed E-state index contributed by atoms with van der Waals surface area (Å²) in [5.74, 6) is 0.0925. The van der Waals surface area contributed by atoms with Gasteiger partial charge < -0.3 is 20.1 Å². The maximum Gasteiger partial charge on any atom is 0.303 e. The maximum absolute atomic E-state index is 10.6. The Morgan fingerprint density at radius 3 is 1.55 bits per heavy atom. The Morgan fingerprint density at radius 1 is 0.617 bits per heavy atom. The van der Waals surface area contributed by atoms with Gasteiger partial charge in [0.15, 0.2) is 0 Å². The molecule has 0 unspecified atom stereocenters. The fraction of sp³-hybridized carbons (Fsp3) is 0.214. The molecule has 0 atom stereocenters. The number of carboxylic acid groups (broad SMARTS) is 1. The van der Waals surface area contributed by atoms with Crippen LogP contribution in [0.2, 0.25) is 0 Å². The molecule has 0 spiro atoms. The summed E-state index contributed by atoms with van der Waals surface area (Å²) in [4.78, 5) is 12.9. The molecule has 5 aromatic carbocycles. The molecule has 5 heteroatoms. The second-order valence-corrected chi connectivity index (χ2v) is 11.4. The molecule has 5 nitrogen and oxygen atoms in total. The van der Waals surface area contributed by atoms with Crippen molar-refractivity contribution in [2.75, 3.05) is 6.61 Å². The topological polar surface area (TPSA) is 61.8 Å². The van der Waals surface area contributed by atoms with Gasteiger partial charge in [0.1, 0.15) is 5.75 Å². The molecule has 5 aromatic rings. The standard InChI is InChI=1S/C28H31NO3.C14H15N/c30-28(31)15-9-14-24-16-18-27(19-17-24)32-21-8-7-20-29(22-25-10-3-1-4-11-25)23-26-12-5-2-6-13-26;1-3-7-13(8-4-1)11-15-12-14-9-5-2-6-10-14/h1-7,10-13,16-20H,8-9,14-15,21-23H2,(H,30,31);1-10,15H,11-12H2/b20-7+;. The van der Waals surface area contributed by atoms with Gasteiger partial charge in [0.2, 0.25) is 0 Å². The van der Waals surface area contributed by atoms with Crippen LogP contribution in [0.3, 0.4) is 0 Å². The van der Waals surface area contributed by atoms with Crippen molar-refractivity contribution in [2.45, 2.75) is 51.9 Å². The molecule has 0 aliphatic heterocycles. The van der Waals surface area contributed by atoms with Crippen LogP contribution in [0.25, 0.3) is 0 Å². The fourth-order valence-corrected chi connectivity index (χ4v) is 5.00. The van der Waals surface area contributed by atoms with Crippen molar-refractivity contribution in [3.05, 3.63) is 186 Å². The minimum absolute atomic E-state index is 0.205. The predicted octanol–water partition coefficient (Wildman–Crippen LogP) is 9.06. The number of carbonyl (C=O) groups is 1. The molecule has 0 saturated heterocycles. The molecule has 0 saturated carbocycles. The summed E-state index contributed by atoms with van der Waals surface area (Å²) >= 11 is 0. The Labute approximate surface area is 280 Å². The van der Waals surface area contributed by atoms with Gasteiger partial charge in [-0.1, -0.05) is 140 Å². The van der Waals surface area contributed by atoms with Crippen molar-refractivity contribution in [3.63, 3.8) is 0 Å². The monoisotopic (exact) mass is 626 g/mol. The first kappa shape index (κ1) is 34.7. The normalized spacial score (nSPS) is 10.6. The van der Waals surface area contributed by atoms with E-state index in [9.17, 15) is 4.79 Å². The molecule has 0 amide bonds. The van der Waals surface area contributed by atoms with Crippen LogP contribution in [0, 0.1) is 0 Å². The number of ether oxygens (including phenoxy) is 1. The van der Waals surface area contributed by atoms with Crippen molar-refractivity contribution >= 4 is 5.97 Å². The van der Waals surface area contributed by atoms with Crippen LogP contribution in [-0.4, -0.2) is 22.6 Å². The van der Waals surface area contributed by atoms with E-state index in [1.165, 1.54) is 22.3 Å². The molecule has 0 aliphatic rings. The Hall–Kier alpha value is -5.13. The quantitative estimate of drug-likeness (QED) is 0.101. The SMILES string of the molecule is O=C(O)CCCc1ccc(OCC/C=C/N(Cc2ccccc2)Cc2ccccc2)cc1.c1ccc(CNCc2ccccc2)cc1. The molecule has 0 aromatic heterocycles. The van der Waals surface area contributed by atoms with E-state index < -0.39 is 5.97 Å². The lowest BCUT2D eigenvalue weighted by atomic mass is 10.1. The van der Waals surface area contributed by atoms with Gasteiger partial charge in [0, 0.05) is 39.0 Å². The summed E-state index contributed by atoms with van der Waals surface area (Å²) in [7, 11) is 0. The zero-order chi connectivity index (χ0) is 32.8. The van der Waals surface area contributed by atoms with Crippen molar-refractivity contribution in [1.29, 1.82) is 0 Å². The molecule has 0 bridgehead atoms. The summed E-state index contributed by atoms with van der Waals surface area (Å²) in [6.07, 6.45) is 6.77. The summed E-state index contributed by atoms with van der Waals surface area (Å²) < 4.78 is 5.86. The summed E-state index contributed by atoms with van der Waals surface area (Å²) in [5, 5.41) is 12.1. The van der Waals surface area contributed by atoms with Crippen LogP contribution >= 0.6 is 0 Å². The van der Waals surface area contributed by atoms with Gasteiger partial charge in [-0.05, 0) is 59.0 Å². The average molecular weight is 627 g/mol. The van der Waals surface area contributed by atoms with Crippen molar-refractivity contribution in [3.8, 4) is 5.75 Å². The highest BCUT2D eigenvalue weighted by atomic mass is 16.5. The third kappa shape index (κ3) is 14.7. The van der Waals surface area contributed by atoms with Crippen LogP contribution in [-0.2, 0) is 37.4 Å². The molecular formula is C42H46N2O3. The fourth-order valence-electron chi connectivity index (χ4n) is 5.00. The molecule has 2 N–H and O–H groups in total. The van der Waals surface area contributed by atoms with Crippen molar-refractivity contribution < 1.29 is 14.6 Å². The minimum atomic E-state index is -0.746. The molecular weight excluding hydrogens is 580 g/mol. The van der Waals surface area contributed by atoms with Gasteiger partial charge in [-0.15, -0.1) is 0 Å². The van der Waals surface area contributed by atoms with Gasteiger partial charge >= 0.3 is 5.97 Å². The Kier molecular flexibility index (Phi) is 15.4. The highest BCUT2D eigenvalue weighted by Crippen LogP contribution is 2.15. The first-order valence-electron chi connectivity index (χ1n) is 16.3. The Morgan fingerprint density at radius 2 is 1.09 bits per heavy atom. The third-order valence-corrected chi connectivity index (χ3v) is 7.45. The van der Waals surface area contributed by atoms with Gasteiger partial charge in [0.25, 0.3) is 0 Å². The number of aryl methyl sites for hydroxylation is 1. The number of hydrogen-bond acceptors (Lipinski definition) is 4. The molecule has 0 fully saturated rings. The molecule has 0 heterocycles. The predicted molar refractivity (Wildman–Crippen MR) is 192 cm³/mol. The lowest BCUT2D eigenvalue weighted by Crippen LogP contribution is -2.16. The average Bonchev–Trinajstić information content (AvgIpc) is 3.11. The summed E-state index contributed by atoms with van der Waals surface area (Å²) in [6.45, 7) is 4.18. The number of hydrogen-bond donors (Lipinski definition) is 2. The van der Waals surface area contributed by atoms with Gasteiger partial charge in [-0.2, -0.15) is 0 Å². The van der Waals surface area contributed by atoms with Crippen LogP contribution in [0.15, 0.2) is 158 Å². The van der Waals surface area contributed by atoms with Crippen molar-refractivity contribution in [1.82, 2.24) is 10.2 Å². The zero-order valence-corrected chi connectivity index (χ0v) is 27.1. The zero-order valence-electron chi connectivity index (χ0n) is 27.1. The number of aliphatic carboxylic acids is 1. The smallest absolute Gasteiger partial charge is 0.303 e. The molecule has 5 rings (SSSR count). The first-order valence-corrected chi connectivity index (χ1v) is 16.3. The highest BCUT2D eigenvalue weighted by molar-refractivity contribution is 5.66. The lowest BCUT2D eigenvalue weighted by Gasteiger charge is -2.21. The first-order chi connectivity index (χ1) is 23.1. The lowest BCUT2D eigenvalue weighted by molar-refractivity contribution is -0.137. The van der Waals surface area contributed by atoms with E-state index in [4.69, 9.17) is 9.84 Å². The van der Waals surface area contributed by atoms with E-state index in [0.29, 0.717) is 13.0 Å². The number of nitrogens with zero attached hydrogens (tertiary/aromatic N) is 1. The van der Waals surface area contributed by atoms with Crippen LogP contribution in [0.5, 0.6) is 5.75 Å². The summed E-state index contributed by atoms with van der Waals surface area (Å²) in [6, 6.07) is 49.8. The van der Waals surface area contributed by atoms with E-state index in [1.807, 2.05) is 48.5 Å². The number of rotatable bonds is 17. The molecule has 0 radical (unpaired) electrons. The number of carboxylic acids is 1. The van der Waals surface area contributed by atoms with E-state index in [2.05, 4.69) is 120 Å². The third-order valence-electron chi connectivity index (χ3n) is 7.45. The van der Waals surface area contributed by atoms with E-state index in [0.717, 1.165) is 50.3 Å². The largest absolute Gasteiger partial charge is 0.493 e. The second-order valence-electron chi connectivity index (χ2n) is 11.4. The molecule has 0 aliphatic carbocycles. The van der Waals surface area contributed by atoms with E-state index >= 15 is 0 Å². The van der Waals surface area contributed by atoms with Crippen molar-refractivity contribution in [2.24, 2.45) is 0 Å². The van der Waals surface area contributed by atoms with Gasteiger partial charge in [-0.25, -0.2) is 0 Å². The highest BCUT2D eigenvalue weighted by Gasteiger charge is 2.03. The number of nitrogens with one attached hydrogen (secondary N) is 1. The minimum Gasteiger partial charge on any atom is -0.493 e. The number of benzene rings is 5. The summed E-state index contributed by atoms with van der Waals surface area (Å²) in [5.41, 5.74) is 6.36. The molecule has 242 valence electrons. The van der Waals surface area contributed by atoms with E-state index in [-0.39, 0.29) is 6.42 Å². The second kappa shape index (κ2) is 20.8. The van der Waals surface area contributed by atoms with Crippen LogP contribution in [0.1, 0.15) is 47.1 Å². The maximum atomic E-state index is 10.6.